The molecular formula is C48H46N4OPt. The van der Waals surface area contributed by atoms with E-state index in [0.717, 1.165) is 37.6 Å². The molecule has 0 spiro atoms. The molecule has 3 aromatic heterocycles. The van der Waals surface area contributed by atoms with Gasteiger partial charge in [0, 0.05) is 16.4 Å². The van der Waals surface area contributed by atoms with Crippen LogP contribution in [0.2, 0.25) is 0 Å². The van der Waals surface area contributed by atoms with E-state index in [0.29, 0.717) is 0 Å². The smallest absolute Gasteiger partial charge is 0.0168 e. The third kappa shape index (κ3) is 4.04. The molecule has 0 atom stereocenters. The van der Waals surface area contributed by atoms with Crippen molar-refractivity contribution < 1.29 is 24.1 Å². The van der Waals surface area contributed by atoms with Crippen LogP contribution >= 0.6 is 0 Å². The van der Waals surface area contributed by atoms with Gasteiger partial charge in [-0.25, -0.2) is 0 Å². The SMILES string of the molecule is Cc1ccc2c3c1c1ccc(Oc4ccc5c(c4)-n4[c](=[Pt])n(C)c6cccc(c64)C(C)(C)C5(C)C)cc1c1nc(-c4ccccc4)c(n13)C(C)(C)C2(C)C. The molecule has 2 aliphatic heterocycles. The molecule has 2 aliphatic rings. The number of pyridine rings is 1. The number of ether oxygens (including phenoxy) is 1. The molecule has 274 valence electrons. The van der Waals surface area contributed by atoms with Crippen LogP contribution in [0, 0.1) is 10.7 Å². The molecule has 0 saturated heterocycles. The van der Waals surface area contributed by atoms with Gasteiger partial charge in [-0.3, -0.25) is 0 Å². The number of nitrogens with zero attached hydrogens (tertiary/aromatic N) is 4. The normalized spacial score (nSPS) is 17.4. The van der Waals surface area contributed by atoms with E-state index in [4.69, 9.17) is 9.72 Å². The zero-order chi connectivity index (χ0) is 37.9. The molecule has 6 heteroatoms. The van der Waals surface area contributed by atoms with E-state index in [-0.39, 0.29) is 21.7 Å². The summed E-state index contributed by atoms with van der Waals surface area (Å²) >= 11 is 2.48. The van der Waals surface area contributed by atoms with Gasteiger partial charge in [0.05, 0.1) is 0 Å². The Morgan fingerprint density at radius 2 is 1.28 bits per heavy atom. The fourth-order valence-corrected chi connectivity index (χ4v) is 10.6. The van der Waals surface area contributed by atoms with Crippen LogP contribution in [-0.4, -0.2) is 18.5 Å². The third-order valence-corrected chi connectivity index (χ3v) is 15.5. The fraction of sp³-hybridized carbons (Fsp3) is 0.292. The maximum Gasteiger partial charge on any atom is 0.0168 e. The molecule has 0 bridgehead atoms. The van der Waals surface area contributed by atoms with Crippen molar-refractivity contribution in [1.82, 2.24) is 18.5 Å². The Kier molecular flexibility index (Phi) is 6.72. The first-order chi connectivity index (χ1) is 25.6. The molecule has 0 fully saturated rings. The van der Waals surface area contributed by atoms with Crippen LogP contribution in [0.3, 0.4) is 0 Å². The number of benzene rings is 5. The Balaban J connectivity index is 1.22. The van der Waals surface area contributed by atoms with E-state index >= 15 is 0 Å². The number of imidazole rings is 2. The standard InChI is InChI=1S/C48H46N4O.Pt/c1-28-19-23-36-42-39(28)32-22-20-30(25-33(32)44-49-40(29-15-12-11-13-16-29)43(52(42)44)48(8,9)47(36,6)7)53-31-21-24-34-38(26-31)51-27-50(10)37-18-14-17-35(41(37)51)46(4,5)45(34,2)3;/h11-26H,1-10H3;. The monoisotopic (exact) mass is 889 g/mol. The first kappa shape index (κ1) is 33.8. The molecule has 0 unspecified atom stereocenters. The van der Waals surface area contributed by atoms with Gasteiger partial charge in [-0.15, -0.1) is 0 Å². The Bertz CT molecular complexity index is 3010. The maximum atomic E-state index is 6.91. The van der Waals surface area contributed by atoms with E-state index in [1.165, 1.54) is 61.0 Å². The topological polar surface area (TPSA) is 36.4 Å². The van der Waals surface area contributed by atoms with Gasteiger partial charge in [0.1, 0.15) is 0 Å². The van der Waals surface area contributed by atoms with Crippen molar-refractivity contribution in [2.75, 3.05) is 0 Å². The van der Waals surface area contributed by atoms with Gasteiger partial charge in [0.15, 0.2) is 0 Å². The van der Waals surface area contributed by atoms with E-state index in [2.05, 4.69) is 199 Å². The predicted octanol–water partition coefficient (Wildman–Crippen LogP) is 11.9. The van der Waals surface area contributed by atoms with Gasteiger partial charge in [0.25, 0.3) is 0 Å². The summed E-state index contributed by atoms with van der Waals surface area (Å²) in [5, 5.41) is 3.59. The van der Waals surface area contributed by atoms with Gasteiger partial charge in [-0.05, 0) is 12.5 Å². The van der Waals surface area contributed by atoms with Gasteiger partial charge in [-0.1, -0.05) is 70.2 Å². The molecule has 0 radical (unpaired) electrons. The first-order valence-electron chi connectivity index (χ1n) is 19.0. The van der Waals surface area contributed by atoms with Gasteiger partial charge < -0.3 is 0 Å². The predicted molar refractivity (Wildman–Crippen MR) is 218 cm³/mol. The third-order valence-electron chi connectivity index (χ3n) is 14.2. The van der Waals surface area contributed by atoms with Crippen LogP contribution in [0.4, 0.5) is 0 Å². The van der Waals surface area contributed by atoms with Crippen molar-refractivity contribution in [3.63, 3.8) is 0 Å². The molecule has 10 rings (SSSR count). The fourth-order valence-electron chi connectivity index (χ4n) is 9.76. The average Bonchev–Trinajstić information content (AvgIpc) is 3.66. The molecule has 5 aromatic carbocycles. The Morgan fingerprint density at radius 1 is 0.630 bits per heavy atom. The quantitative estimate of drug-likeness (QED) is 0.166. The van der Waals surface area contributed by atoms with Crippen molar-refractivity contribution >= 4 is 38.4 Å². The molecule has 0 aliphatic carbocycles. The van der Waals surface area contributed by atoms with Crippen molar-refractivity contribution in [2.24, 2.45) is 7.05 Å². The second-order valence-electron chi connectivity index (χ2n) is 17.8. The molecule has 8 aromatic rings. The zero-order valence-electron chi connectivity index (χ0n) is 32.8. The molecule has 0 saturated carbocycles. The van der Waals surface area contributed by atoms with E-state index in [1.54, 1.807) is 0 Å². The van der Waals surface area contributed by atoms with Crippen LogP contribution in [0.25, 0.3) is 55.3 Å². The number of fused-ring (bicyclic) bond motifs is 5. The van der Waals surface area contributed by atoms with Crippen molar-refractivity contribution in [1.29, 1.82) is 0 Å². The largest absolute Gasteiger partial charge is 0.0548 e. The summed E-state index contributed by atoms with van der Waals surface area (Å²) in [6, 6.07) is 35.4. The minimum absolute atomic E-state index is 0.120. The van der Waals surface area contributed by atoms with E-state index in [9.17, 15) is 0 Å². The summed E-state index contributed by atoms with van der Waals surface area (Å²) in [5.74, 6) is 1.61. The van der Waals surface area contributed by atoms with Crippen molar-refractivity contribution in [3.8, 4) is 28.4 Å². The van der Waals surface area contributed by atoms with E-state index in [1.807, 2.05) is 0 Å². The Labute approximate surface area is 327 Å². The number of para-hydroxylation sites is 1. The minimum Gasteiger partial charge on any atom is -0.0548 e. The summed E-state index contributed by atoms with van der Waals surface area (Å²) < 4.78 is 15.3. The number of hydrogen-bond acceptors (Lipinski definition) is 2. The summed E-state index contributed by atoms with van der Waals surface area (Å²) in [6.07, 6.45) is 0. The first-order valence-corrected chi connectivity index (χ1v) is 20.2. The molecule has 54 heavy (non-hydrogen) atoms. The summed E-state index contributed by atoms with van der Waals surface area (Å²) in [4.78, 5) is 5.56. The maximum absolute atomic E-state index is 6.91. The van der Waals surface area contributed by atoms with Crippen molar-refractivity contribution in [3.05, 3.63) is 129 Å². The van der Waals surface area contributed by atoms with Gasteiger partial charge in [0.2, 0.25) is 0 Å². The van der Waals surface area contributed by atoms with Crippen LogP contribution in [0.1, 0.15) is 83.3 Å². The van der Waals surface area contributed by atoms with Crippen molar-refractivity contribution in [2.45, 2.75) is 84.0 Å². The number of aromatic nitrogens is 4. The minimum atomic E-state index is -0.199. The number of hydrogen-bond donors (Lipinski definition) is 0. The second-order valence-corrected chi connectivity index (χ2v) is 18.8. The molecule has 5 nitrogen and oxygen atoms in total. The zero-order valence-corrected chi connectivity index (χ0v) is 35.0. The molecule has 0 N–H and O–H groups in total. The van der Waals surface area contributed by atoms with E-state index < -0.39 is 0 Å². The average molecular weight is 890 g/mol. The van der Waals surface area contributed by atoms with Gasteiger partial charge in [-0.2, -0.15) is 0 Å². The van der Waals surface area contributed by atoms with Crippen LogP contribution in [0.5, 0.6) is 11.5 Å². The second kappa shape index (κ2) is 10.7. The molecule has 0 amide bonds. The molecule has 5 heterocycles. The van der Waals surface area contributed by atoms with Crippen LogP contribution in [-0.2, 0) is 48.1 Å². The summed E-state index contributed by atoms with van der Waals surface area (Å²) in [7, 11) is 2.17. The summed E-state index contributed by atoms with van der Waals surface area (Å²) in [6.45, 7) is 21.4. The Hall–Kier alpha value is -4.73. The van der Waals surface area contributed by atoms with Gasteiger partial charge >= 0.3 is 230 Å². The molecular weight excluding hydrogens is 844 g/mol. The van der Waals surface area contributed by atoms with Crippen LogP contribution < -0.4 is 4.74 Å². The number of rotatable bonds is 3. The summed E-state index contributed by atoms with van der Waals surface area (Å²) in [5.41, 5.74) is 14.1. The number of aryl methyl sites for hydroxylation is 2. The van der Waals surface area contributed by atoms with Crippen LogP contribution in [0.15, 0.2) is 97.1 Å². The Morgan fingerprint density at radius 3 is 2.04 bits per heavy atom.